The van der Waals surface area contributed by atoms with Crippen LogP contribution in [0.1, 0.15) is 54.9 Å². The molecule has 0 heterocycles. The van der Waals surface area contributed by atoms with Gasteiger partial charge >= 0.3 is 0 Å². The molecule has 2 atom stereocenters. The summed E-state index contributed by atoms with van der Waals surface area (Å²) in [7, 11) is 0. The van der Waals surface area contributed by atoms with Crippen molar-refractivity contribution in [3.05, 3.63) is 0 Å². The van der Waals surface area contributed by atoms with E-state index in [-0.39, 0.29) is 0 Å². The van der Waals surface area contributed by atoms with E-state index in [0.29, 0.717) is 5.54 Å². The lowest BCUT2D eigenvalue weighted by Gasteiger charge is -2.41. The maximum absolute atomic E-state index is 2.65. The number of halogens is 1. The van der Waals surface area contributed by atoms with E-state index in [1.54, 1.807) is 0 Å². The number of hydrogen-bond donors (Lipinski definition) is 0. The standard InChI is InChI=1S/C14H30IN/c1-8-16(10-12(4)13(5)15)14(6,7)9-11(2)3/h11-13H,8-10H2,1-7H3. The maximum atomic E-state index is 2.65. The fourth-order valence-corrected chi connectivity index (χ4v) is 2.65. The van der Waals surface area contributed by atoms with Gasteiger partial charge in [-0.3, -0.25) is 4.90 Å². The van der Waals surface area contributed by atoms with Gasteiger partial charge in [0.25, 0.3) is 0 Å². The van der Waals surface area contributed by atoms with Gasteiger partial charge in [-0.1, -0.05) is 57.2 Å². The summed E-state index contributed by atoms with van der Waals surface area (Å²) in [6, 6.07) is 0. The van der Waals surface area contributed by atoms with E-state index >= 15 is 0 Å². The summed E-state index contributed by atoms with van der Waals surface area (Å²) in [6.45, 7) is 18.8. The second-order valence-corrected chi connectivity index (χ2v) is 8.07. The monoisotopic (exact) mass is 339 g/mol. The van der Waals surface area contributed by atoms with Gasteiger partial charge in [0, 0.05) is 16.0 Å². The van der Waals surface area contributed by atoms with Crippen LogP contribution in [0.2, 0.25) is 0 Å². The van der Waals surface area contributed by atoms with Crippen molar-refractivity contribution in [2.45, 2.75) is 64.4 Å². The summed E-state index contributed by atoms with van der Waals surface area (Å²) in [5, 5.41) is 0. The van der Waals surface area contributed by atoms with Crippen molar-refractivity contribution in [3.8, 4) is 0 Å². The van der Waals surface area contributed by atoms with E-state index in [1.165, 1.54) is 13.0 Å². The minimum Gasteiger partial charge on any atom is -0.298 e. The molecule has 0 aliphatic carbocycles. The van der Waals surface area contributed by atoms with Crippen molar-refractivity contribution in [2.75, 3.05) is 13.1 Å². The first-order valence-corrected chi connectivity index (χ1v) is 7.84. The Morgan fingerprint density at radius 1 is 1.12 bits per heavy atom. The molecule has 0 aromatic carbocycles. The first kappa shape index (κ1) is 16.7. The molecule has 0 aliphatic heterocycles. The number of hydrogen-bond acceptors (Lipinski definition) is 1. The number of alkyl halides is 1. The molecule has 2 unspecified atom stereocenters. The Hall–Kier alpha value is 0.690. The lowest BCUT2D eigenvalue weighted by molar-refractivity contribution is 0.0892. The van der Waals surface area contributed by atoms with Crippen LogP contribution in [0.3, 0.4) is 0 Å². The van der Waals surface area contributed by atoms with Crippen molar-refractivity contribution in [2.24, 2.45) is 11.8 Å². The van der Waals surface area contributed by atoms with Gasteiger partial charge < -0.3 is 0 Å². The minimum absolute atomic E-state index is 0.336. The van der Waals surface area contributed by atoms with E-state index < -0.39 is 0 Å². The highest BCUT2D eigenvalue weighted by molar-refractivity contribution is 14.1. The Balaban J connectivity index is 4.46. The number of nitrogens with zero attached hydrogens (tertiary/aromatic N) is 1. The largest absolute Gasteiger partial charge is 0.298 e. The molecule has 1 nitrogen and oxygen atoms in total. The summed E-state index contributed by atoms with van der Waals surface area (Å²) < 4.78 is 0.751. The van der Waals surface area contributed by atoms with Crippen molar-refractivity contribution in [1.82, 2.24) is 4.90 Å². The molecule has 2 heteroatoms. The van der Waals surface area contributed by atoms with Crippen LogP contribution in [-0.2, 0) is 0 Å². The van der Waals surface area contributed by atoms with Gasteiger partial charge in [0.15, 0.2) is 0 Å². The van der Waals surface area contributed by atoms with E-state index in [9.17, 15) is 0 Å². The zero-order valence-electron chi connectivity index (χ0n) is 12.2. The highest BCUT2D eigenvalue weighted by atomic mass is 127. The van der Waals surface area contributed by atoms with E-state index in [1.807, 2.05) is 0 Å². The van der Waals surface area contributed by atoms with Crippen molar-refractivity contribution in [1.29, 1.82) is 0 Å². The van der Waals surface area contributed by atoms with Gasteiger partial charge in [-0.15, -0.1) is 0 Å². The molecule has 0 amide bonds. The van der Waals surface area contributed by atoms with E-state index in [2.05, 4.69) is 76.0 Å². The molecule has 0 aromatic heterocycles. The van der Waals surface area contributed by atoms with Crippen molar-refractivity contribution in [3.63, 3.8) is 0 Å². The summed E-state index contributed by atoms with van der Waals surface area (Å²) in [5.74, 6) is 1.54. The third kappa shape index (κ3) is 5.85. The molecule has 0 fully saturated rings. The molecule has 0 radical (unpaired) electrons. The first-order chi connectivity index (χ1) is 7.20. The zero-order valence-corrected chi connectivity index (χ0v) is 14.3. The molecule has 0 saturated carbocycles. The Morgan fingerprint density at radius 3 is 1.94 bits per heavy atom. The molecule has 0 aliphatic rings. The highest BCUT2D eigenvalue weighted by Crippen LogP contribution is 2.25. The third-order valence-corrected chi connectivity index (χ3v) is 4.67. The summed E-state index contributed by atoms with van der Waals surface area (Å²) in [6.07, 6.45) is 1.28. The predicted molar refractivity (Wildman–Crippen MR) is 83.4 cm³/mol. The molecule has 16 heavy (non-hydrogen) atoms. The van der Waals surface area contributed by atoms with Crippen LogP contribution in [-0.4, -0.2) is 27.5 Å². The van der Waals surface area contributed by atoms with Crippen molar-refractivity contribution < 1.29 is 0 Å². The lowest BCUT2D eigenvalue weighted by Crippen LogP contribution is -2.47. The molecule has 98 valence electrons. The van der Waals surface area contributed by atoms with Gasteiger partial charge in [-0.2, -0.15) is 0 Å². The average Bonchev–Trinajstić information content (AvgIpc) is 2.10. The Morgan fingerprint density at radius 2 is 1.62 bits per heavy atom. The van der Waals surface area contributed by atoms with Crippen LogP contribution in [0.5, 0.6) is 0 Å². The molecular formula is C14H30IN. The topological polar surface area (TPSA) is 3.24 Å². The fraction of sp³-hybridized carbons (Fsp3) is 1.00. The lowest BCUT2D eigenvalue weighted by atomic mass is 9.90. The molecular weight excluding hydrogens is 309 g/mol. The van der Waals surface area contributed by atoms with Gasteiger partial charge in [0.1, 0.15) is 0 Å². The van der Waals surface area contributed by atoms with E-state index in [0.717, 1.165) is 22.3 Å². The Bertz CT molecular complexity index is 187. The third-order valence-electron chi connectivity index (χ3n) is 3.44. The average molecular weight is 339 g/mol. The Labute approximate surface area is 117 Å². The van der Waals surface area contributed by atoms with Crippen LogP contribution >= 0.6 is 22.6 Å². The quantitative estimate of drug-likeness (QED) is 0.484. The van der Waals surface area contributed by atoms with Crippen LogP contribution < -0.4 is 0 Å². The van der Waals surface area contributed by atoms with Crippen LogP contribution in [0, 0.1) is 11.8 Å². The maximum Gasteiger partial charge on any atom is 0.0155 e. The smallest absolute Gasteiger partial charge is 0.0155 e. The molecule has 0 saturated heterocycles. The second kappa shape index (κ2) is 7.20. The van der Waals surface area contributed by atoms with Gasteiger partial charge in [-0.05, 0) is 38.6 Å². The van der Waals surface area contributed by atoms with Gasteiger partial charge in [0.05, 0.1) is 0 Å². The molecule has 0 bridgehead atoms. The molecule has 0 rings (SSSR count). The predicted octanol–water partition coefficient (Wildman–Crippen LogP) is 4.59. The van der Waals surface area contributed by atoms with Crippen molar-refractivity contribution >= 4 is 22.6 Å². The fourth-order valence-electron chi connectivity index (χ4n) is 2.43. The molecule has 0 spiro atoms. The minimum atomic E-state index is 0.336. The van der Waals surface area contributed by atoms with Gasteiger partial charge in [-0.25, -0.2) is 0 Å². The molecule has 0 aromatic rings. The summed E-state index contributed by atoms with van der Waals surface area (Å²) in [4.78, 5) is 2.65. The zero-order chi connectivity index (χ0) is 12.9. The van der Waals surface area contributed by atoms with Gasteiger partial charge in [0.2, 0.25) is 0 Å². The van der Waals surface area contributed by atoms with E-state index in [4.69, 9.17) is 0 Å². The molecule has 0 N–H and O–H groups in total. The first-order valence-electron chi connectivity index (χ1n) is 6.59. The van der Waals surface area contributed by atoms with Crippen LogP contribution in [0.15, 0.2) is 0 Å². The van der Waals surface area contributed by atoms with Crippen LogP contribution in [0.4, 0.5) is 0 Å². The summed E-state index contributed by atoms with van der Waals surface area (Å²) in [5.41, 5.74) is 0.336. The number of rotatable bonds is 7. The Kier molecular flexibility index (Phi) is 7.51. The normalized spacial score (nSPS) is 16.9. The SMILES string of the molecule is CCN(CC(C)C(C)I)C(C)(C)CC(C)C. The highest BCUT2D eigenvalue weighted by Gasteiger charge is 2.28. The second-order valence-electron chi connectivity index (χ2n) is 6.10. The van der Waals surface area contributed by atoms with Crippen LogP contribution in [0.25, 0.3) is 0 Å². The summed E-state index contributed by atoms with van der Waals surface area (Å²) >= 11 is 2.55.